The summed E-state index contributed by atoms with van der Waals surface area (Å²) in [6.07, 6.45) is 9.74. The molecule has 0 aromatic heterocycles. The van der Waals surface area contributed by atoms with Crippen molar-refractivity contribution in [2.24, 2.45) is 0 Å². The van der Waals surface area contributed by atoms with Crippen molar-refractivity contribution in [3.63, 3.8) is 0 Å². The Bertz CT molecular complexity index is 357. The van der Waals surface area contributed by atoms with E-state index < -0.39 is 0 Å². The Morgan fingerprint density at radius 2 is 1.58 bits per heavy atom. The van der Waals surface area contributed by atoms with Gasteiger partial charge in [0.15, 0.2) is 0 Å². The highest BCUT2D eigenvalue weighted by atomic mass is 16.3. The van der Waals surface area contributed by atoms with Crippen LogP contribution in [0.5, 0.6) is 0 Å². The highest BCUT2D eigenvalue weighted by Gasteiger charge is 2.10. The van der Waals surface area contributed by atoms with Crippen molar-refractivity contribution in [2.75, 3.05) is 0 Å². The summed E-state index contributed by atoms with van der Waals surface area (Å²) >= 11 is 0. The first-order chi connectivity index (χ1) is 9.16. The first-order valence-corrected chi connectivity index (χ1v) is 7.91. The number of rotatable bonds is 9. The standard InChI is InChI=1S/C18H30O/c1-4-5-6-7-8-9-10-14-18(19)17-13-11-12-15(2)16(17)3/h11-13,18-19H,4-10,14H2,1-3H3. The van der Waals surface area contributed by atoms with Crippen LogP contribution >= 0.6 is 0 Å². The molecule has 0 bridgehead atoms. The first kappa shape index (κ1) is 16.2. The number of hydrogen-bond donors (Lipinski definition) is 1. The number of aryl methyl sites for hydroxylation is 1. The lowest BCUT2D eigenvalue weighted by Crippen LogP contribution is -2.01. The second kappa shape index (κ2) is 9.14. The van der Waals surface area contributed by atoms with Crippen LogP contribution in [0.2, 0.25) is 0 Å². The van der Waals surface area contributed by atoms with Gasteiger partial charge in [0.25, 0.3) is 0 Å². The molecule has 1 heteroatoms. The van der Waals surface area contributed by atoms with Crippen molar-refractivity contribution in [1.82, 2.24) is 0 Å². The topological polar surface area (TPSA) is 20.2 Å². The first-order valence-electron chi connectivity index (χ1n) is 7.91. The van der Waals surface area contributed by atoms with Gasteiger partial charge in [0.2, 0.25) is 0 Å². The minimum absolute atomic E-state index is 0.282. The molecule has 0 aliphatic heterocycles. The maximum atomic E-state index is 10.3. The Kier molecular flexibility index (Phi) is 7.81. The van der Waals surface area contributed by atoms with E-state index in [2.05, 4.69) is 32.9 Å². The molecule has 1 atom stereocenters. The van der Waals surface area contributed by atoms with Gasteiger partial charge in [-0.15, -0.1) is 0 Å². The van der Waals surface area contributed by atoms with Crippen LogP contribution in [0.1, 0.15) is 81.1 Å². The summed E-state index contributed by atoms with van der Waals surface area (Å²) in [6, 6.07) is 6.22. The number of hydrogen-bond acceptors (Lipinski definition) is 1. The average molecular weight is 262 g/mol. The summed E-state index contributed by atoms with van der Waals surface area (Å²) in [7, 11) is 0. The minimum atomic E-state index is -0.282. The second-order valence-corrected chi connectivity index (χ2v) is 5.71. The normalized spacial score (nSPS) is 12.6. The molecule has 1 rings (SSSR count). The Hall–Kier alpha value is -0.820. The van der Waals surface area contributed by atoms with Crippen LogP contribution in [0, 0.1) is 13.8 Å². The van der Waals surface area contributed by atoms with Gasteiger partial charge >= 0.3 is 0 Å². The van der Waals surface area contributed by atoms with Crippen molar-refractivity contribution in [1.29, 1.82) is 0 Å². The van der Waals surface area contributed by atoms with Crippen LogP contribution in [0.3, 0.4) is 0 Å². The van der Waals surface area contributed by atoms with E-state index in [-0.39, 0.29) is 6.10 Å². The molecule has 0 saturated carbocycles. The van der Waals surface area contributed by atoms with E-state index in [9.17, 15) is 5.11 Å². The van der Waals surface area contributed by atoms with Crippen LogP contribution in [-0.4, -0.2) is 5.11 Å². The molecule has 1 N–H and O–H groups in total. The van der Waals surface area contributed by atoms with Gasteiger partial charge in [0.1, 0.15) is 0 Å². The molecule has 0 aliphatic rings. The SMILES string of the molecule is CCCCCCCCCC(O)c1cccc(C)c1C. The van der Waals surface area contributed by atoms with Gasteiger partial charge in [-0.05, 0) is 37.0 Å². The van der Waals surface area contributed by atoms with Gasteiger partial charge in [-0.2, -0.15) is 0 Å². The van der Waals surface area contributed by atoms with E-state index in [4.69, 9.17) is 0 Å². The molecule has 1 aromatic carbocycles. The predicted octanol–water partition coefficient (Wildman–Crippen LogP) is 5.48. The Balaban J connectivity index is 2.24. The minimum Gasteiger partial charge on any atom is -0.388 e. The lowest BCUT2D eigenvalue weighted by molar-refractivity contribution is 0.162. The van der Waals surface area contributed by atoms with Gasteiger partial charge in [-0.3, -0.25) is 0 Å². The molecule has 0 heterocycles. The van der Waals surface area contributed by atoms with Gasteiger partial charge in [0, 0.05) is 0 Å². The second-order valence-electron chi connectivity index (χ2n) is 5.71. The molecule has 0 amide bonds. The van der Waals surface area contributed by atoms with Crippen molar-refractivity contribution in [3.8, 4) is 0 Å². The van der Waals surface area contributed by atoms with Crippen molar-refractivity contribution in [2.45, 2.75) is 78.2 Å². The maximum Gasteiger partial charge on any atom is 0.0792 e. The summed E-state index contributed by atoms with van der Waals surface area (Å²) in [4.78, 5) is 0. The molecule has 1 nitrogen and oxygen atoms in total. The summed E-state index contributed by atoms with van der Waals surface area (Å²) < 4.78 is 0. The summed E-state index contributed by atoms with van der Waals surface area (Å²) in [5.41, 5.74) is 3.64. The molecule has 0 fully saturated rings. The van der Waals surface area contributed by atoms with E-state index in [1.807, 2.05) is 6.07 Å². The van der Waals surface area contributed by atoms with Crippen molar-refractivity contribution >= 4 is 0 Å². The fourth-order valence-electron chi connectivity index (χ4n) is 2.59. The fourth-order valence-corrected chi connectivity index (χ4v) is 2.59. The molecule has 1 aromatic rings. The zero-order chi connectivity index (χ0) is 14.1. The third-order valence-electron chi connectivity index (χ3n) is 4.09. The summed E-state index contributed by atoms with van der Waals surface area (Å²) in [5.74, 6) is 0. The Morgan fingerprint density at radius 1 is 0.947 bits per heavy atom. The monoisotopic (exact) mass is 262 g/mol. The van der Waals surface area contributed by atoms with Crippen LogP contribution in [0.4, 0.5) is 0 Å². The van der Waals surface area contributed by atoms with Crippen LogP contribution in [0.25, 0.3) is 0 Å². The van der Waals surface area contributed by atoms with Gasteiger partial charge in [-0.25, -0.2) is 0 Å². The highest BCUT2D eigenvalue weighted by molar-refractivity contribution is 5.34. The molecule has 108 valence electrons. The van der Waals surface area contributed by atoms with E-state index in [1.54, 1.807) is 0 Å². The molecular weight excluding hydrogens is 232 g/mol. The number of aliphatic hydroxyl groups is 1. The highest BCUT2D eigenvalue weighted by Crippen LogP contribution is 2.24. The quantitative estimate of drug-likeness (QED) is 0.584. The van der Waals surface area contributed by atoms with Crippen LogP contribution in [-0.2, 0) is 0 Å². The van der Waals surface area contributed by atoms with Crippen molar-refractivity contribution in [3.05, 3.63) is 34.9 Å². The number of aliphatic hydroxyl groups excluding tert-OH is 1. The molecule has 0 aliphatic carbocycles. The predicted molar refractivity (Wildman–Crippen MR) is 83.5 cm³/mol. The van der Waals surface area contributed by atoms with Crippen molar-refractivity contribution < 1.29 is 5.11 Å². The number of benzene rings is 1. The van der Waals surface area contributed by atoms with Gasteiger partial charge in [-0.1, -0.05) is 70.1 Å². The zero-order valence-electron chi connectivity index (χ0n) is 12.9. The van der Waals surface area contributed by atoms with E-state index >= 15 is 0 Å². The van der Waals surface area contributed by atoms with E-state index in [1.165, 1.54) is 49.7 Å². The fraction of sp³-hybridized carbons (Fsp3) is 0.667. The van der Waals surface area contributed by atoms with Gasteiger partial charge in [0.05, 0.1) is 6.10 Å². The van der Waals surface area contributed by atoms with Crippen LogP contribution < -0.4 is 0 Å². The number of unbranched alkanes of at least 4 members (excludes halogenated alkanes) is 6. The maximum absolute atomic E-state index is 10.3. The summed E-state index contributed by atoms with van der Waals surface area (Å²) in [6.45, 7) is 6.47. The molecule has 1 unspecified atom stereocenters. The lowest BCUT2D eigenvalue weighted by Gasteiger charge is -2.15. The molecule has 0 saturated heterocycles. The van der Waals surface area contributed by atoms with Gasteiger partial charge < -0.3 is 5.11 Å². The molecule has 0 radical (unpaired) electrons. The Morgan fingerprint density at radius 3 is 2.26 bits per heavy atom. The molecule has 0 spiro atoms. The molecular formula is C18H30O. The summed E-state index contributed by atoms with van der Waals surface area (Å²) in [5, 5.41) is 10.3. The van der Waals surface area contributed by atoms with E-state index in [0.29, 0.717) is 0 Å². The Labute approximate surface area is 119 Å². The molecule has 19 heavy (non-hydrogen) atoms. The smallest absolute Gasteiger partial charge is 0.0792 e. The third kappa shape index (κ3) is 5.78. The third-order valence-corrected chi connectivity index (χ3v) is 4.09. The van der Waals surface area contributed by atoms with Crippen LogP contribution in [0.15, 0.2) is 18.2 Å². The zero-order valence-corrected chi connectivity index (χ0v) is 12.9. The lowest BCUT2D eigenvalue weighted by atomic mass is 9.95. The average Bonchev–Trinajstić information content (AvgIpc) is 2.40. The largest absolute Gasteiger partial charge is 0.388 e. The van der Waals surface area contributed by atoms with E-state index in [0.717, 1.165) is 18.4 Å².